The predicted octanol–water partition coefficient (Wildman–Crippen LogP) is 2.59. The molecule has 0 unspecified atom stereocenters. The van der Waals surface area contributed by atoms with Crippen LogP contribution in [0.5, 0.6) is 0 Å². The number of ether oxygens (including phenoxy) is 1. The lowest BCUT2D eigenvalue weighted by Crippen LogP contribution is -2.42. The molecule has 8 nitrogen and oxygen atoms in total. The molecule has 2 aliphatic heterocycles. The summed E-state index contributed by atoms with van der Waals surface area (Å²) in [6.07, 6.45) is 1.97. The predicted molar refractivity (Wildman–Crippen MR) is 134 cm³/mol. The summed E-state index contributed by atoms with van der Waals surface area (Å²) in [4.78, 5) is 26.8. The van der Waals surface area contributed by atoms with E-state index in [-0.39, 0.29) is 24.0 Å². The van der Waals surface area contributed by atoms with Gasteiger partial charge in [-0.1, -0.05) is 13.8 Å². The number of aliphatic imine (C=N–C) groups is 1. The molecule has 1 saturated heterocycles. The Balaban J connectivity index is 1.60. The molecule has 1 N–H and O–H groups in total. The third-order valence-corrected chi connectivity index (χ3v) is 7.33. The van der Waals surface area contributed by atoms with Crippen LogP contribution >= 0.6 is 11.3 Å². The maximum absolute atomic E-state index is 12.4. The van der Waals surface area contributed by atoms with Gasteiger partial charge in [0.1, 0.15) is 11.1 Å². The Morgan fingerprint density at radius 2 is 2.12 bits per heavy atom. The zero-order chi connectivity index (χ0) is 24.2. The first-order valence-electron chi connectivity index (χ1n) is 12.0. The number of hydrogen-bond donors (Lipinski definition) is 1. The molecule has 0 aliphatic carbocycles. The monoisotopic (exact) mass is 484 g/mol. The third kappa shape index (κ3) is 5.76. The first-order chi connectivity index (χ1) is 16.3. The summed E-state index contributed by atoms with van der Waals surface area (Å²) in [6, 6.07) is 6.21. The molecule has 34 heavy (non-hydrogen) atoms. The van der Waals surface area contributed by atoms with E-state index in [4.69, 9.17) is 9.72 Å². The van der Waals surface area contributed by atoms with Crippen molar-refractivity contribution in [3.05, 3.63) is 34.8 Å². The second kappa shape index (κ2) is 10.8. The number of aromatic nitrogens is 1. The number of rotatable bonds is 6. The number of nitrogens with one attached hydrogen (secondary N) is 1. The van der Waals surface area contributed by atoms with Crippen LogP contribution in [0.4, 0.5) is 5.69 Å². The van der Waals surface area contributed by atoms with E-state index in [0.29, 0.717) is 6.54 Å². The molecule has 0 bridgehead atoms. The van der Waals surface area contributed by atoms with Gasteiger partial charge in [-0.25, -0.2) is 4.98 Å². The van der Waals surface area contributed by atoms with Gasteiger partial charge in [-0.3, -0.25) is 14.7 Å². The van der Waals surface area contributed by atoms with E-state index in [9.17, 15) is 9.90 Å². The summed E-state index contributed by atoms with van der Waals surface area (Å²) in [6.45, 7) is 12.7. The highest BCUT2D eigenvalue weighted by Gasteiger charge is 2.32. The summed E-state index contributed by atoms with van der Waals surface area (Å²) >= 11 is 1.71. The van der Waals surface area contributed by atoms with E-state index in [1.165, 1.54) is 4.88 Å². The number of piperazine rings is 1. The van der Waals surface area contributed by atoms with Crippen molar-refractivity contribution < 1.29 is 14.6 Å². The molecule has 2 aromatic rings. The molecule has 0 spiro atoms. The Bertz CT molecular complexity index is 1030. The molecule has 2 atom stereocenters. The summed E-state index contributed by atoms with van der Waals surface area (Å²) < 4.78 is 5.19. The third-order valence-electron chi connectivity index (χ3n) is 6.30. The van der Waals surface area contributed by atoms with Crippen LogP contribution in [0.3, 0.4) is 0 Å². The van der Waals surface area contributed by atoms with Crippen LogP contribution in [0.2, 0.25) is 0 Å². The van der Waals surface area contributed by atoms with E-state index < -0.39 is 6.08 Å². The van der Waals surface area contributed by atoms with Gasteiger partial charge in [0.25, 0.3) is 0 Å². The van der Waals surface area contributed by atoms with Crippen molar-refractivity contribution in [2.24, 2.45) is 4.99 Å². The van der Waals surface area contributed by atoms with Crippen molar-refractivity contribution in [3.8, 4) is 10.6 Å². The minimum Gasteiger partial charge on any atom is -0.598 e. The molecule has 1 aromatic carbocycles. The van der Waals surface area contributed by atoms with Gasteiger partial charge in [0, 0.05) is 86.6 Å². The lowest BCUT2D eigenvalue weighted by atomic mass is 9.85. The van der Waals surface area contributed by atoms with Crippen LogP contribution in [0.25, 0.3) is 10.6 Å². The van der Waals surface area contributed by atoms with Crippen LogP contribution in [-0.4, -0.2) is 66.7 Å². The quantitative estimate of drug-likeness (QED) is 0.500. The van der Waals surface area contributed by atoms with Crippen LogP contribution in [0.1, 0.15) is 50.5 Å². The zero-order valence-electron chi connectivity index (χ0n) is 20.4. The molecule has 1 fully saturated rings. The maximum atomic E-state index is 12.4. The number of fused-ring (bicyclic) bond motifs is 1. The van der Waals surface area contributed by atoms with Crippen LogP contribution in [0, 0.1) is 0 Å². The van der Waals surface area contributed by atoms with E-state index in [1.807, 2.05) is 44.0 Å². The number of carbonyl (C=O) groups is 1. The zero-order valence-corrected chi connectivity index (χ0v) is 21.2. The van der Waals surface area contributed by atoms with E-state index >= 15 is 0 Å². The van der Waals surface area contributed by atoms with Gasteiger partial charge in [0.05, 0.1) is 0 Å². The highest BCUT2D eigenvalue weighted by atomic mass is 32.1. The highest BCUT2D eigenvalue weighted by Crippen LogP contribution is 2.41. The molecule has 184 valence electrons. The number of amides is 1. The lowest BCUT2D eigenvalue weighted by molar-refractivity contribution is -0.254. The molecule has 9 heteroatoms. The van der Waals surface area contributed by atoms with Gasteiger partial charge in [0.2, 0.25) is 5.91 Å². The van der Waals surface area contributed by atoms with Gasteiger partial charge < -0.3 is 20.1 Å². The largest absolute Gasteiger partial charge is 0.598 e. The van der Waals surface area contributed by atoms with E-state index in [0.717, 1.165) is 61.0 Å². The van der Waals surface area contributed by atoms with Gasteiger partial charge in [-0.15, -0.1) is 11.3 Å². The average Bonchev–Trinajstić information content (AvgIpc) is 3.25. The first kappa shape index (κ1) is 24.6. The number of carbonyl (C=O) groups excluding carboxylic acids is 1. The van der Waals surface area contributed by atoms with Crippen LogP contribution in [0.15, 0.2) is 29.4 Å². The summed E-state index contributed by atoms with van der Waals surface area (Å²) in [5.74, 6) is 0.0456. The van der Waals surface area contributed by atoms with Crippen molar-refractivity contribution in [1.29, 1.82) is 0 Å². The molecule has 4 rings (SSSR count). The van der Waals surface area contributed by atoms with Crippen molar-refractivity contribution >= 4 is 29.0 Å². The number of benzene rings is 1. The molecule has 2 aliphatic rings. The number of anilines is 1. The van der Waals surface area contributed by atoms with Gasteiger partial charge in [-0.2, -0.15) is 0 Å². The van der Waals surface area contributed by atoms with Crippen LogP contribution in [-0.2, 0) is 16.1 Å². The molecular formula is C25H34N5O3S-. The molecule has 0 saturated carbocycles. The summed E-state index contributed by atoms with van der Waals surface area (Å²) in [5, 5.41) is 16.4. The highest BCUT2D eigenvalue weighted by molar-refractivity contribution is 7.15. The number of hydrogen-bond acceptors (Lipinski definition) is 8. The smallest absolute Gasteiger partial charge is 0.224 e. The first-order valence-corrected chi connectivity index (χ1v) is 12.8. The Hall–Kier alpha value is -2.49. The standard InChI is InChI=1S/C25H35N5O3S/c1-16(2)33-25(32)28-13-20-11-17(3)30(18(4)31)23-6-5-19(12-22(20)23)24-27-14-21(34-24)15-29-9-7-26-8-10-29/h5-6,12,14,16-17,20,26H,7-11,13,15H2,1-4H3,(H,28,32)/p-1/t17-,20-/m0/s1. The SMILES string of the molecule is CC(=O)N1c2ccc(-c3ncc(CN4CCNCC4)s3)cc2[C@H](CN=C([O-])OC(C)C)C[C@@H]1C. The summed E-state index contributed by atoms with van der Waals surface area (Å²) in [7, 11) is 0. The number of nitrogens with zero attached hydrogens (tertiary/aromatic N) is 4. The van der Waals surface area contributed by atoms with Gasteiger partial charge in [0.15, 0.2) is 0 Å². The van der Waals surface area contributed by atoms with Gasteiger partial charge >= 0.3 is 0 Å². The molecule has 1 amide bonds. The molecule has 3 heterocycles. The fourth-order valence-corrected chi connectivity index (χ4v) is 5.75. The Morgan fingerprint density at radius 1 is 1.35 bits per heavy atom. The lowest BCUT2D eigenvalue weighted by Gasteiger charge is -2.39. The fraction of sp³-hybridized carbons (Fsp3) is 0.560. The fourth-order valence-electron chi connectivity index (χ4n) is 4.80. The summed E-state index contributed by atoms with van der Waals surface area (Å²) in [5.41, 5.74) is 2.96. The van der Waals surface area contributed by atoms with Crippen molar-refractivity contribution in [2.75, 3.05) is 37.6 Å². The van der Waals surface area contributed by atoms with E-state index in [1.54, 1.807) is 18.3 Å². The Labute approximate surface area is 205 Å². The Morgan fingerprint density at radius 3 is 2.82 bits per heavy atom. The van der Waals surface area contributed by atoms with Crippen LogP contribution < -0.4 is 15.3 Å². The minimum atomic E-state index is -0.535. The second-order valence-electron chi connectivity index (χ2n) is 9.38. The Kier molecular flexibility index (Phi) is 7.85. The van der Waals surface area contributed by atoms with Gasteiger partial charge in [-0.05, 0) is 37.1 Å². The second-order valence-corrected chi connectivity index (χ2v) is 10.5. The normalized spacial score (nSPS) is 21.6. The minimum absolute atomic E-state index is 0.0173. The maximum Gasteiger partial charge on any atom is 0.224 e. The molecule has 0 radical (unpaired) electrons. The topological polar surface area (TPSA) is 93.1 Å². The van der Waals surface area contributed by atoms with Crippen molar-refractivity contribution in [1.82, 2.24) is 15.2 Å². The number of thiazole rings is 1. The molecule has 1 aromatic heterocycles. The molecular weight excluding hydrogens is 450 g/mol. The van der Waals surface area contributed by atoms with Crippen molar-refractivity contribution in [3.63, 3.8) is 0 Å². The van der Waals surface area contributed by atoms with Crippen molar-refractivity contribution in [2.45, 2.75) is 58.7 Å². The average molecular weight is 485 g/mol. The van der Waals surface area contributed by atoms with E-state index in [2.05, 4.69) is 21.3 Å².